The van der Waals surface area contributed by atoms with Crippen LogP contribution in [0.5, 0.6) is 0 Å². The molecule has 0 amide bonds. The first-order chi connectivity index (χ1) is 9.18. The number of ether oxygens (including phenoxy) is 1. The van der Waals surface area contributed by atoms with Gasteiger partial charge in [0.2, 0.25) is 0 Å². The molecule has 0 fully saturated rings. The molecule has 2 aromatic carbocycles. The summed E-state index contributed by atoms with van der Waals surface area (Å²) in [4.78, 5) is 8.56. The van der Waals surface area contributed by atoms with Crippen LogP contribution in [0.4, 0.5) is 4.79 Å². The van der Waals surface area contributed by atoms with E-state index in [9.17, 15) is 0 Å². The molecule has 0 aliphatic rings. The van der Waals surface area contributed by atoms with E-state index in [0.29, 0.717) is 13.2 Å². The van der Waals surface area contributed by atoms with E-state index in [0.717, 1.165) is 0 Å². The number of rotatable bonds is 4. The lowest BCUT2D eigenvalue weighted by Gasteiger charge is -2.03. The third kappa shape index (κ3) is 7.57. The molecular formula is C15H16O4. The minimum atomic E-state index is -1.83. The summed E-state index contributed by atoms with van der Waals surface area (Å²) in [6, 6.07) is 20.4. The Kier molecular flexibility index (Phi) is 6.76. The Bertz CT molecular complexity index is 425. The first kappa shape index (κ1) is 14.7. The highest BCUT2D eigenvalue weighted by molar-refractivity contribution is 5.53. The van der Waals surface area contributed by atoms with Gasteiger partial charge in [-0.3, -0.25) is 0 Å². The fourth-order valence-corrected chi connectivity index (χ4v) is 1.44. The van der Waals surface area contributed by atoms with E-state index in [1.54, 1.807) is 0 Å². The van der Waals surface area contributed by atoms with Crippen LogP contribution in [0, 0.1) is 0 Å². The number of benzene rings is 2. The number of carbonyl (C=O) groups is 1. The highest BCUT2D eigenvalue weighted by Crippen LogP contribution is 2.05. The Labute approximate surface area is 111 Å². The largest absolute Gasteiger partial charge is 0.503 e. The molecule has 100 valence electrons. The van der Waals surface area contributed by atoms with Crippen molar-refractivity contribution >= 4 is 6.16 Å². The summed E-state index contributed by atoms with van der Waals surface area (Å²) >= 11 is 0. The van der Waals surface area contributed by atoms with Crippen LogP contribution in [0.25, 0.3) is 0 Å². The highest BCUT2D eigenvalue weighted by atomic mass is 16.6. The fourth-order valence-electron chi connectivity index (χ4n) is 1.44. The number of carboxylic acid groups (broad SMARTS) is 2. The van der Waals surface area contributed by atoms with E-state index >= 15 is 0 Å². The predicted octanol–water partition coefficient (Wildman–Crippen LogP) is 3.63. The maximum Gasteiger partial charge on any atom is 0.503 e. The summed E-state index contributed by atoms with van der Waals surface area (Å²) < 4.78 is 5.61. The second kappa shape index (κ2) is 8.72. The van der Waals surface area contributed by atoms with E-state index in [4.69, 9.17) is 19.7 Å². The van der Waals surface area contributed by atoms with Crippen LogP contribution < -0.4 is 0 Å². The zero-order chi connectivity index (χ0) is 13.9. The van der Waals surface area contributed by atoms with Gasteiger partial charge in [0.25, 0.3) is 0 Å². The van der Waals surface area contributed by atoms with Crippen molar-refractivity contribution in [3.05, 3.63) is 71.8 Å². The standard InChI is InChI=1S/C14H14O.CH2O3/c1-3-7-13(8-4-1)11-15-12-14-9-5-2-6-10-14;2-1(3)4/h1-10H,11-12H2;(H2,2,3,4). The highest BCUT2D eigenvalue weighted by Gasteiger charge is 1.93. The second-order valence-electron chi connectivity index (χ2n) is 3.75. The molecule has 4 heteroatoms. The summed E-state index contributed by atoms with van der Waals surface area (Å²) in [6.45, 7) is 1.35. The third-order valence-corrected chi connectivity index (χ3v) is 2.22. The molecule has 0 atom stereocenters. The molecule has 0 aliphatic carbocycles. The van der Waals surface area contributed by atoms with Gasteiger partial charge in [-0.1, -0.05) is 60.7 Å². The molecule has 2 aromatic rings. The Morgan fingerprint density at radius 3 is 1.42 bits per heavy atom. The van der Waals surface area contributed by atoms with Crippen LogP contribution in [0.15, 0.2) is 60.7 Å². The number of hydrogen-bond donors (Lipinski definition) is 2. The zero-order valence-electron chi connectivity index (χ0n) is 10.4. The van der Waals surface area contributed by atoms with E-state index in [-0.39, 0.29) is 0 Å². The molecule has 0 heterocycles. The normalized spacial score (nSPS) is 9.26. The van der Waals surface area contributed by atoms with E-state index in [1.165, 1.54) is 11.1 Å². The summed E-state index contributed by atoms with van der Waals surface area (Å²) in [6.07, 6.45) is -1.83. The minimum absolute atomic E-state index is 0.676. The Morgan fingerprint density at radius 1 is 0.789 bits per heavy atom. The maximum atomic E-state index is 8.56. The molecule has 19 heavy (non-hydrogen) atoms. The monoisotopic (exact) mass is 260 g/mol. The molecule has 0 bridgehead atoms. The van der Waals surface area contributed by atoms with Crippen LogP contribution in [0.3, 0.4) is 0 Å². The molecule has 0 spiro atoms. The topological polar surface area (TPSA) is 66.8 Å². The van der Waals surface area contributed by atoms with Gasteiger partial charge < -0.3 is 14.9 Å². The molecule has 2 N–H and O–H groups in total. The quantitative estimate of drug-likeness (QED) is 0.881. The van der Waals surface area contributed by atoms with Gasteiger partial charge in [0.1, 0.15) is 0 Å². The molecule has 0 saturated heterocycles. The smallest absolute Gasteiger partial charge is 0.450 e. The minimum Gasteiger partial charge on any atom is -0.450 e. The number of hydrogen-bond acceptors (Lipinski definition) is 2. The molecule has 0 radical (unpaired) electrons. The van der Waals surface area contributed by atoms with Crippen LogP contribution in [-0.4, -0.2) is 16.4 Å². The van der Waals surface area contributed by atoms with Gasteiger partial charge in [0.05, 0.1) is 13.2 Å². The Balaban J connectivity index is 0.000000399. The fraction of sp³-hybridized carbons (Fsp3) is 0.133. The van der Waals surface area contributed by atoms with E-state index < -0.39 is 6.16 Å². The lowest BCUT2D eigenvalue weighted by molar-refractivity contribution is 0.107. The van der Waals surface area contributed by atoms with Gasteiger partial charge in [0, 0.05) is 0 Å². The Morgan fingerprint density at radius 2 is 1.11 bits per heavy atom. The third-order valence-electron chi connectivity index (χ3n) is 2.22. The molecule has 0 unspecified atom stereocenters. The van der Waals surface area contributed by atoms with Crippen LogP contribution in [-0.2, 0) is 18.0 Å². The molecule has 0 saturated carbocycles. The van der Waals surface area contributed by atoms with Gasteiger partial charge >= 0.3 is 6.16 Å². The van der Waals surface area contributed by atoms with Crippen molar-refractivity contribution in [1.29, 1.82) is 0 Å². The van der Waals surface area contributed by atoms with Gasteiger partial charge in [-0.2, -0.15) is 0 Å². The summed E-state index contributed by atoms with van der Waals surface area (Å²) in [5.41, 5.74) is 2.43. The average molecular weight is 260 g/mol. The van der Waals surface area contributed by atoms with Gasteiger partial charge in [-0.15, -0.1) is 0 Å². The van der Waals surface area contributed by atoms with Crippen LogP contribution in [0.1, 0.15) is 11.1 Å². The summed E-state index contributed by atoms with van der Waals surface area (Å²) in [5, 5.41) is 13.9. The van der Waals surface area contributed by atoms with Crippen molar-refractivity contribution in [3.8, 4) is 0 Å². The van der Waals surface area contributed by atoms with Crippen molar-refractivity contribution in [1.82, 2.24) is 0 Å². The SMILES string of the molecule is O=C(O)O.c1ccc(COCc2ccccc2)cc1. The maximum absolute atomic E-state index is 8.56. The summed E-state index contributed by atoms with van der Waals surface area (Å²) in [5.74, 6) is 0. The van der Waals surface area contributed by atoms with Crippen molar-refractivity contribution in [2.45, 2.75) is 13.2 Å². The molecule has 0 aliphatic heterocycles. The molecule has 0 aromatic heterocycles. The molecular weight excluding hydrogens is 244 g/mol. The lowest BCUT2D eigenvalue weighted by atomic mass is 10.2. The molecule has 2 rings (SSSR count). The Hall–Kier alpha value is -2.33. The predicted molar refractivity (Wildman–Crippen MR) is 72.0 cm³/mol. The van der Waals surface area contributed by atoms with Gasteiger partial charge in [0.15, 0.2) is 0 Å². The van der Waals surface area contributed by atoms with Gasteiger partial charge in [-0.05, 0) is 11.1 Å². The first-order valence-electron chi connectivity index (χ1n) is 5.76. The second-order valence-corrected chi connectivity index (χ2v) is 3.75. The van der Waals surface area contributed by atoms with Crippen molar-refractivity contribution < 1.29 is 19.7 Å². The van der Waals surface area contributed by atoms with E-state index in [1.807, 2.05) is 36.4 Å². The first-order valence-corrected chi connectivity index (χ1v) is 5.76. The van der Waals surface area contributed by atoms with Crippen molar-refractivity contribution in [2.75, 3.05) is 0 Å². The lowest BCUT2D eigenvalue weighted by Crippen LogP contribution is -1.93. The van der Waals surface area contributed by atoms with Crippen molar-refractivity contribution in [2.24, 2.45) is 0 Å². The van der Waals surface area contributed by atoms with Crippen LogP contribution >= 0.6 is 0 Å². The average Bonchev–Trinajstić information content (AvgIpc) is 2.41. The molecule has 4 nitrogen and oxygen atoms in total. The van der Waals surface area contributed by atoms with E-state index in [2.05, 4.69) is 24.3 Å². The zero-order valence-corrected chi connectivity index (χ0v) is 10.4. The summed E-state index contributed by atoms with van der Waals surface area (Å²) in [7, 11) is 0. The van der Waals surface area contributed by atoms with Crippen molar-refractivity contribution in [3.63, 3.8) is 0 Å². The van der Waals surface area contributed by atoms with Gasteiger partial charge in [-0.25, -0.2) is 4.79 Å². The van der Waals surface area contributed by atoms with Crippen LogP contribution in [0.2, 0.25) is 0 Å².